The number of carbonyl (C=O) groups excluding carboxylic acids is 1. The maximum absolute atomic E-state index is 14.2. The number of hydrogen-bond donors (Lipinski definition) is 2. The normalized spacial score (nSPS) is 27.0. The van der Waals surface area contributed by atoms with E-state index in [1.165, 1.54) is 0 Å². The molecule has 1 aliphatic heterocycles. The third-order valence-electron chi connectivity index (χ3n) is 3.11. The molecule has 1 saturated heterocycles. The Bertz CT molecular complexity index is 580. The standard InChI is InChI=1S/C13H13F4IN2O3/c14-7-1-2-10(8(15)5-7)19-13(11(17)9(16)6-22-13)12(21)20-23-4-3-18/h1-2,5,9,11,19H,3-4,6H2,(H,20,21). The van der Waals surface area contributed by atoms with Crippen molar-refractivity contribution in [1.82, 2.24) is 5.48 Å². The van der Waals surface area contributed by atoms with Crippen LogP contribution in [0.4, 0.5) is 23.2 Å². The molecule has 1 aromatic rings. The van der Waals surface area contributed by atoms with Crippen molar-refractivity contribution >= 4 is 34.2 Å². The van der Waals surface area contributed by atoms with E-state index < -0.39 is 47.9 Å². The van der Waals surface area contributed by atoms with Crippen molar-refractivity contribution < 1.29 is 31.9 Å². The molecule has 1 amide bonds. The first-order valence-corrected chi connectivity index (χ1v) is 8.07. The predicted octanol–water partition coefficient (Wildman–Crippen LogP) is 2.26. The van der Waals surface area contributed by atoms with Gasteiger partial charge in [-0.05, 0) is 12.1 Å². The summed E-state index contributed by atoms with van der Waals surface area (Å²) in [6.07, 6.45) is -4.49. The van der Waals surface area contributed by atoms with E-state index in [1.807, 2.05) is 28.1 Å². The van der Waals surface area contributed by atoms with Gasteiger partial charge in [0.2, 0.25) is 0 Å². The molecule has 2 rings (SSSR count). The number of amides is 1. The summed E-state index contributed by atoms with van der Waals surface area (Å²) in [5.74, 6) is -3.09. The van der Waals surface area contributed by atoms with Crippen LogP contribution in [0.15, 0.2) is 18.2 Å². The van der Waals surface area contributed by atoms with E-state index in [1.54, 1.807) is 0 Å². The van der Waals surface area contributed by atoms with E-state index in [0.717, 1.165) is 12.1 Å². The van der Waals surface area contributed by atoms with Crippen molar-refractivity contribution in [3.05, 3.63) is 29.8 Å². The molecule has 0 bridgehead atoms. The van der Waals surface area contributed by atoms with E-state index in [0.29, 0.717) is 10.5 Å². The molecule has 0 aromatic heterocycles. The van der Waals surface area contributed by atoms with E-state index in [4.69, 9.17) is 9.57 Å². The summed E-state index contributed by atoms with van der Waals surface area (Å²) in [6, 6.07) is 2.39. The van der Waals surface area contributed by atoms with Gasteiger partial charge >= 0.3 is 0 Å². The maximum atomic E-state index is 14.2. The maximum Gasteiger partial charge on any atom is 0.300 e. The van der Waals surface area contributed by atoms with Gasteiger partial charge in [0, 0.05) is 10.5 Å². The quantitative estimate of drug-likeness (QED) is 0.231. The Labute approximate surface area is 142 Å². The number of nitrogens with one attached hydrogen (secondary N) is 2. The van der Waals surface area contributed by atoms with Gasteiger partial charge in [0.1, 0.15) is 11.6 Å². The first kappa shape index (κ1) is 18.2. The van der Waals surface area contributed by atoms with Gasteiger partial charge in [-0.2, -0.15) is 0 Å². The molecule has 3 unspecified atom stereocenters. The molecular weight excluding hydrogens is 435 g/mol. The van der Waals surface area contributed by atoms with E-state index in [2.05, 4.69) is 5.32 Å². The molecule has 1 heterocycles. The number of alkyl halides is 3. The molecule has 0 spiro atoms. The lowest BCUT2D eigenvalue weighted by atomic mass is 10.1. The average molecular weight is 448 g/mol. The first-order valence-electron chi connectivity index (χ1n) is 6.54. The summed E-state index contributed by atoms with van der Waals surface area (Å²) in [5.41, 5.74) is -0.987. The molecular formula is C13H13F4IN2O3. The van der Waals surface area contributed by atoms with Crippen LogP contribution < -0.4 is 10.8 Å². The van der Waals surface area contributed by atoms with Crippen molar-refractivity contribution in [3.8, 4) is 0 Å². The number of halogens is 5. The lowest BCUT2D eigenvalue weighted by Crippen LogP contribution is -2.58. The number of benzene rings is 1. The summed E-state index contributed by atoms with van der Waals surface area (Å²) in [6.45, 7) is -0.569. The molecule has 0 radical (unpaired) electrons. The number of hydroxylamine groups is 1. The molecule has 0 aliphatic carbocycles. The minimum Gasteiger partial charge on any atom is -0.345 e. The Morgan fingerprint density at radius 3 is 2.74 bits per heavy atom. The van der Waals surface area contributed by atoms with Crippen molar-refractivity contribution in [2.75, 3.05) is 23.0 Å². The summed E-state index contributed by atoms with van der Waals surface area (Å²) >= 11 is 1.98. The molecule has 2 N–H and O–H groups in total. The van der Waals surface area contributed by atoms with Gasteiger partial charge in [-0.25, -0.2) is 23.0 Å². The lowest BCUT2D eigenvalue weighted by Gasteiger charge is -2.30. The zero-order valence-corrected chi connectivity index (χ0v) is 13.8. The zero-order valence-electron chi connectivity index (χ0n) is 11.6. The lowest BCUT2D eigenvalue weighted by molar-refractivity contribution is -0.155. The minimum absolute atomic E-state index is 0.128. The second kappa shape index (κ2) is 7.62. The fraction of sp³-hybridized carbons (Fsp3) is 0.462. The van der Waals surface area contributed by atoms with Gasteiger partial charge in [0.05, 0.1) is 18.9 Å². The highest BCUT2D eigenvalue weighted by Gasteiger charge is 2.58. The largest absolute Gasteiger partial charge is 0.345 e. The predicted molar refractivity (Wildman–Crippen MR) is 81.4 cm³/mol. The third kappa shape index (κ3) is 3.86. The van der Waals surface area contributed by atoms with Crippen LogP contribution in [-0.4, -0.2) is 41.6 Å². The Balaban J connectivity index is 2.25. The highest BCUT2D eigenvalue weighted by molar-refractivity contribution is 14.1. The molecule has 1 fully saturated rings. The van der Waals surface area contributed by atoms with E-state index >= 15 is 0 Å². The highest BCUT2D eigenvalue weighted by atomic mass is 127. The van der Waals surface area contributed by atoms with Crippen molar-refractivity contribution in [2.24, 2.45) is 0 Å². The highest BCUT2D eigenvalue weighted by Crippen LogP contribution is 2.33. The molecule has 23 heavy (non-hydrogen) atoms. The second-order valence-corrected chi connectivity index (χ2v) is 5.76. The van der Waals surface area contributed by atoms with E-state index in [-0.39, 0.29) is 6.61 Å². The van der Waals surface area contributed by atoms with Gasteiger partial charge in [0.25, 0.3) is 11.6 Å². The minimum atomic E-state index is -2.51. The van der Waals surface area contributed by atoms with Gasteiger partial charge in [-0.3, -0.25) is 9.63 Å². The van der Waals surface area contributed by atoms with Crippen LogP contribution in [0, 0.1) is 11.6 Å². The van der Waals surface area contributed by atoms with Gasteiger partial charge in [-0.15, -0.1) is 0 Å². The van der Waals surface area contributed by atoms with Crippen LogP contribution >= 0.6 is 22.6 Å². The monoisotopic (exact) mass is 448 g/mol. The third-order valence-corrected chi connectivity index (χ3v) is 3.55. The number of ether oxygens (including phenoxy) is 1. The molecule has 0 saturated carbocycles. The summed E-state index contributed by atoms with van der Waals surface area (Å²) in [5, 5.41) is 2.18. The Kier molecular flexibility index (Phi) is 6.03. The van der Waals surface area contributed by atoms with Crippen molar-refractivity contribution in [3.63, 3.8) is 0 Å². The molecule has 3 atom stereocenters. The van der Waals surface area contributed by atoms with Gasteiger partial charge in [0.15, 0.2) is 12.3 Å². The Morgan fingerprint density at radius 2 is 2.17 bits per heavy atom. The smallest absolute Gasteiger partial charge is 0.300 e. The van der Waals surface area contributed by atoms with Crippen LogP contribution in [0.25, 0.3) is 0 Å². The number of anilines is 1. The number of hydrogen-bond acceptors (Lipinski definition) is 4. The van der Waals surface area contributed by atoms with Crippen LogP contribution in [0.3, 0.4) is 0 Å². The average Bonchev–Trinajstić information content (AvgIpc) is 2.80. The topological polar surface area (TPSA) is 59.6 Å². The van der Waals surface area contributed by atoms with Crippen LogP contribution in [0.2, 0.25) is 0 Å². The summed E-state index contributed by atoms with van der Waals surface area (Å²) in [7, 11) is 0. The van der Waals surface area contributed by atoms with E-state index in [9.17, 15) is 22.4 Å². The van der Waals surface area contributed by atoms with Crippen molar-refractivity contribution in [2.45, 2.75) is 18.1 Å². The van der Waals surface area contributed by atoms with Crippen LogP contribution in [0.1, 0.15) is 0 Å². The fourth-order valence-corrected chi connectivity index (χ4v) is 2.22. The molecule has 10 heteroatoms. The molecule has 1 aromatic carbocycles. The van der Waals surface area contributed by atoms with Crippen LogP contribution in [-0.2, 0) is 14.4 Å². The number of carbonyl (C=O) groups is 1. The molecule has 5 nitrogen and oxygen atoms in total. The Hall–Kier alpha value is -1.14. The first-order chi connectivity index (χ1) is 10.9. The van der Waals surface area contributed by atoms with Crippen molar-refractivity contribution in [1.29, 1.82) is 0 Å². The molecule has 128 valence electrons. The SMILES string of the molecule is O=C(NOCCI)C1(Nc2ccc(F)cc2F)OCC(F)C1F. The van der Waals surface area contributed by atoms with Crippen LogP contribution in [0.5, 0.6) is 0 Å². The fourth-order valence-electron chi connectivity index (χ4n) is 2.00. The summed E-state index contributed by atoms with van der Waals surface area (Å²) in [4.78, 5) is 16.9. The Morgan fingerprint density at radius 1 is 1.43 bits per heavy atom. The summed E-state index contributed by atoms with van der Waals surface area (Å²) < 4.78 is 59.9. The van der Waals surface area contributed by atoms with Gasteiger partial charge < -0.3 is 10.1 Å². The number of rotatable bonds is 6. The van der Waals surface area contributed by atoms with Gasteiger partial charge in [-0.1, -0.05) is 22.6 Å². The second-order valence-electron chi connectivity index (χ2n) is 4.68. The molecule has 1 aliphatic rings. The zero-order chi connectivity index (χ0) is 17.0.